The van der Waals surface area contributed by atoms with E-state index in [0.717, 1.165) is 51.4 Å². The number of piperidine rings is 1. The fourth-order valence-electron chi connectivity index (χ4n) is 4.02. The van der Waals surface area contributed by atoms with E-state index in [4.69, 9.17) is 4.74 Å². The van der Waals surface area contributed by atoms with Gasteiger partial charge in [-0.1, -0.05) is 20.8 Å². The smallest absolute Gasteiger partial charge is 0.409 e. The third kappa shape index (κ3) is 4.75. The summed E-state index contributed by atoms with van der Waals surface area (Å²) in [7, 11) is 0. The number of likely N-dealkylation sites (tertiary alicyclic amines) is 2. The van der Waals surface area contributed by atoms with Crippen molar-refractivity contribution in [1.82, 2.24) is 19.8 Å². The first-order chi connectivity index (χ1) is 11.7. The molecule has 1 amide bonds. The number of carbonyl (C=O) groups excluding carboxylic acids is 1. The van der Waals surface area contributed by atoms with Crippen LogP contribution >= 0.6 is 0 Å². The molecular weight excluding hydrogens is 316 g/mol. The van der Waals surface area contributed by atoms with Crippen molar-refractivity contribution in [3.05, 3.63) is 17.7 Å². The van der Waals surface area contributed by atoms with Crippen LogP contribution in [0.25, 0.3) is 0 Å². The van der Waals surface area contributed by atoms with Gasteiger partial charge >= 0.3 is 6.09 Å². The molecule has 0 aromatic carbocycles. The minimum absolute atomic E-state index is 0.00942. The minimum atomic E-state index is -0.142. The first kappa shape index (κ1) is 18.2. The van der Waals surface area contributed by atoms with Crippen LogP contribution < -0.4 is 0 Å². The second-order valence-corrected chi connectivity index (χ2v) is 9.09. The summed E-state index contributed by atoms with van der Waals surface area (Å²) in [6.45, 7) is 13.4. The van der Waals surface area contributed by atoms with Crippen LogP contribution in [0.2, 0.25) is 0 Å². The first-order valence-electron chi connectivity index (χ1n) is 9.39. The van der Waals surface area contributed by atoms with Crippen molar-refractivity contribution >= 4 is 6.09 Å². The number of hydrogen-bond donors (Lipinski definition) is 1. The van der Waals surface area contributed by atoms with Gasteiger partial charge in [-0.05, 0) is 38.1 Å². The Morgan fingerprint density at radius 2 is 2.12 bits per heavy atom. The molecule has 6 nitrogen and oxygen atoms in total. The van der Waals surface area contributed by atoms with E-state index in [9.17, 15) is 4.79 Å². The van der Waals surface area contributed by atoms with E-state index in [1.54, 1.807) is 0 Å². The van der Waals surface area contributed by atoms with Crippen molar-refractivity contribution in [1.29, 1.82) is 0 Å². The van der Waals surface area contributed by atoms with Gasteiger partial charge in [-0.15, -0.1) is 0 Å². The summed E-state index contributed by atoms with van der Waals surface area (Å²) >= 11 is 0. The molecule has 2 saturated heterocycles. The number of hydrogen-bond acceptors (Lipinski definition) is 4. The fourth-order valence-corrected chi connectivity index (χ4v) is 4.02. The van der Waals surface area contributed by atoms with Gasteiger partial charge in [0, 0.05) is 43.5 Å². The molecule has 1 aromatic rings. The number of H-pyrrole nitrogens is 1. The third-order valence-electron chi connectivity index (χ3n) is 5.22. The molecule has 3 heterocycles. The highest BCUT2D eigenvalue weighted by Crippen LogP contribution is 2.39. The summed E-state index contributed by atoms with van der Waals surface area (Å²) in [5.74, 6) is 0.967. The van der Waals surface area contributed by atoms with E-state index in [-0.39, 0.29) is 16.9 Å². The SMILES string of the molecule is Cc1ncc(CN2CC[C@@]3(CCCN(C(=O)OCC(C)(C)C)C3)C2)[nH]1. The highest BCUT2D eigenvalue weighted by Gasteiger charge is 2.42. The molecule has 140 valence electrons. The average molecular weight is 348 g/mol. The molecule has 2 aliphatic heterocycles. The summed E-state index contributed by atoms with van der Waals surface area (Å²) in [4.78, 5) is 24.5. The lowest BCUT2D eigenvalue weighted by Gasteiger charge is -2.40. The van der Waals surface area contributed by atoms with Gasteiger partial charge in [0.25, 0.3) is 0 Å². The number of amides is 1. The predicted octanol–water partition coefficient (Wildman–Crippen LogP) is 3.19. The Labute approximate surface area is 150 Å². The molecule has 1 aromatic heterocycles. The zero-order chi connectivity index (χ0) is 18.1. The van der Waals surface area contributed by atoms with Crippen LogP contribution in [0.5, 0.6) is 0 Å². The number of rotatable bonds is 3. The van der Waals surface area contributed by atoms with Crippen molar-refractivity contribution < 1.29 is 9.53 Å². The minimum Gasteiger partial charge on any atom is -0.449 e. The van der Waals surface area contributed by atoms with Crippen molar-refractivity contribution in [2.24, 2.45) is 10.8 Å². The van der Waals surface area contributed by atoms with Crippen LogP contribution in [0, 0.1) is 17.8 Å². The molecule has 1 spiro atoms. The van der Waals surface area contributed by atoms with Crippen LogP contribution in [0.3, 0.4) is 0 Å². The van der Waals surface area contributed by atoms with E-state index in [1.807, 2.05) is 18.0 Å². The number of aromatic amines is 1. The number of imidazole rings is 1. The maximum absolute atomic E-state index is 12.4. The average Bonchev–Trinajstić information content (AvgIpc) is 3.11. The molecule has 25 heavy (non-hydrogen) atoms. The molecule has 2 fully saturated rings. The third-order valence-corrected chi connectivity index (χ3v) is 5.22. The maximum atomic E-state index is 12.4. The quantitative estimate of drug-likeness (QED) is 0.911. The van der Waals surface area contributed by atoms with Gasteiger partial charge in [0.1, 0.15) is 5.82 Å². The van der Waals surface area contributed by atoms with E-state index in [0.29, 0.717) is 6.61 Å². The van der Waals surface area contributed by atoms with Gasteiger partial charge in [0.2, 0.25) is 0 Å². The van der Waals surface area contributed by atoms with Gasteiger partial charge in [0.15, 0.2) is 0 Å². The lowest BCUT2D eigenvalue weighted by atomic mass is 9.79. The van der Waals surface area contributed by atoms with Crippen LogP contribution in [0.4, 0.5) is 4.79 Å². The van der Waals surface area contributed by atoms with Crippen LogP contribution in [0.1, 0.15) is 51.6 Å². The molecular formula is C19H32N4O2. The molecule has 1 N–H and O–H groups in total. The monoisotopic (exact) mass is 348 g/mol. The van der Waals surface area contributed by atoms with Crippen LogP contribution in [-0.4, -0.2) is 58.6 Å². The number of carbonyl (C=O) groups is 1. The van der Waals surface area contributed by atoms with Crippen molar-refractivity contribution in [3.63, 3.8) is 0 Å². The van der Waals surface area contributed by atoms with Gasteiger partial charge < -0.3 is 14.6 Å². The summed E-state index contributed by atoms with van der Waals surface area (Å²) in [5, 5.41) is 0. The summed E-state index contributed by atoms with van der Waals surface area (Å²) in [5.41, 5.74) is 1.41. The van der Waals surface area contributed by atoms with Crippen molar-refractivity contribution in [2.45, 2.75) is 53.5 Å². The summed E-state index contributed by atoms with van der Waals surface area (Å²) in [6, 6.07) is 0. The topological polar surface area (TPSA) is 61.5 Å². The second kappa shape index (κ2) is 6.98. The lowest BCUT2D eigenvalue weighted by Crippen LogP contribution is -2.47. The summed E-state index contributed by atoms with van der Waals surface area (Å²) < 4.78 is 5.53. The van der Waals surface area contributed by atoms with Crippen LogP contribution in [-0.2, 0) is 11.3 Å². The highest BCUT2D eigenvalue weighted by molar-refractivity contribution is 5.67. The van der Waals surface area contributed by atoms with E-state index < -0.39 is 0 Å². The lowest BCUT2D eigenvalue weighted by molar-refractivity contribution is 0.0405. The maximum Gasteiger partial charge on any atom is 0.409 e. The first-order valence-corrected chi connectivity index (χ1v) is 9.39. The number of ether oxygens (including phenoxy) is 1. The van der Waals surface area contributed by atoms with Gasteiger partial charge in [-0.25, -0.2) is 9.78 Å². The molecule has 0 radical (unpaired) electrons. The Morgan fingerprint density at radius 3 is 2.80 bits per heavy atom. The normalized spacial score (nSPS) is 24.9. The van der Waals surface area contributed by atoms with E-state index in [1.165, 1.54) is 12.1 Å². The zero-order valence-electron chi connectivity index (χ0n) is 16.1. The Balaban J connectivity index is 1.54. The largest absolute Gasteiger partial charge is 0.449 e. The molecule has 6 heteroatoms. The Morgan fingerprint density at radius 1 is 1.32 bits per heavy atom. The zero-order valence-corrected chi connectivity index (χ0v) is 16.1. The Kier molecular flexibility index (Phi) is 5.09. The highest BCUT2D eigenvalue weighted by atomic mass is 16.6. The fraction of sp³-hybridized carbons (Fsp3) is 0.789. The van der Waals surface area contributed by atoms with E-state index >= 15 is 0 Å². The number of aryl methyl sites for hydroxylation is 1. The number of nitrogens with zero attached hydrogens (tertiary/aromatic N) is 3. The number of nitrogens with one attached hydrogen (secondary N) is 1. The van der Waals surface area contributed by atoms with Crippen LogP contribution in [0.15, 0.2) is 6.20 Å². The van der Waals surface area contributed by atoms with Crippen molar-refractivity contribution in [2.75, 3.05) is 32.8 Å². The molecule has 1 atom stereocenters. The second-order valence-electron chi connectivity index (χ2n) is 9.09. The molecule has 0 bridgehead atoms. The predicted molar refractivity (Wildman–Crippen MR) is 97.3 cm³/mol. The molecule has 0 saturated carbocycles. The Bertz CT molecular complexity index is 607. The molecule has 3 rings (SSSR count). The summed E-state index contributed by atoms with van der Waals surface area (Å²) in [6.07, 6.45) is 5.22. The van der Waals surface area contributed by atoms with Gasteiger partial charge in [-0.2, -0.15) is 0 Å². The molecule has 2 aliphatic rings. The van der Waals surface area contributed by atoms with E-state index in [2.05, 4.69) is 35.6 Å². The van der Waals surface area contributed by atoms with Gasteiger partial charge in [-0.3, -0.25) is 4.90 Å². The molecule has 0 unspecified atom stereocenters. The Hall–Kier alpha value is -1.56. The standard InChI is InChI=1S/C19H32N4O2/c1-15-20-10-16(21-15)11-22-9-7-19(12-22)6-5-8-23(13-19)17(24)25-14-18(2,3)4/h10H,5-9,11-14H2,1-4H3,(H,20,21)/t19-/m0/s1. The molecule has 0 aliphatic carbocycles. The number of aromatic nitrogens is 2. The van der Waals surface area contributed by atoms with Crippen molar-refractivity contribution in [3.8, 4) is 0 Å². The van der Waals surface area contributed by atoms with Gasteiger partial charge in [0.05, 0.1) is 6.61 Å².